The molecule has 0 radical (unpaired) electrons. The van der Waals surface area contributed by atoms with Crippen molar-refractivity contribution in [3.8, 4) is 0 Å². The predicted octanol–water partition coefficient (Wildman–Crippen LogP) is 1.12. The van der Waals surface area contributed by atoms with E-state index < -0.39 is 10.0 Å². The van der Waals surface area contributed by atoms with Crippen molar-refractivity contribution in [2.45, 2.75) is 4.90 Å². The average molecular weight is 412 g/mol. The second-order valence-electron chi connectivity index (χ2n) is 3.49. The molecule has 2 aromatic heterocycles. The van der Waals surface area contributed by atoms with Gasteiger partial charge >= 0.3 is 0 Å². The highest BCUT2D eigenvalue weighted by Crippen LogP contribution is 2.24. The summed E-state index contributed by atoms with van der Waals surface area (Å²) in [5.74, 6) is -0.0253. The third kappa shape index (κ3) is 3.04. The van der Waals surface area contributed by atoms with Gasteiger partial charge in [-0.05, 0) is 31.9 Å². The first-order chi connectivity index (χ1) is 8.79. The van der Waals surface area contributed by atoms with Gasteiger partial charge in [-0.15, -0.1) is 0 Å². The number of rotatable bonds is 3. The maximum atomic E-state index is 12.1. The zero-order valence-electron chi connectivity index (χ0n) is 9.50. The molecular formula is C8H8Br2N6O2S. The van der Waals surface area contributed by atoms with E-state index in [1.54, 1.807) is 7.05 Å². The Morgan fingerprint density at radius 3 is 2.63 bits per heavy atom. The third-order valence-corrected chi connectivity index (χ3v) is 4.33. The monoisotopic (exact) mass is 410 g/mol. The van der Waals surface area contributed by atoms with Crippen molar-refractivity contribution in [1.82, 2.24) is 19.7 Å². The fourth-order valence-electron chi connectivity index (χ4n) is 1.29. The molecule has 0 fully saturated rings. The van der Waals surface area contributed by atoms with Gasteiger partial charge in [-0.25, -0.2) is 18.4 Å². The molecule has 0 atom stereocenters. The summed E-state index contributed by atoms with van der Waals surface area (Å²) in [5, 5.41) is 3.78. The van der Waals surface area contributed by atoms with Crippen LogP contribution in [-0.2, 0) is 17.1 Å². The van der Waals surface area contributed by atoms with Crippen LogP contribution in [-0.4, -0.2) is 28.2 Å². The number of aryl methyl sites for hydroxylation is 1. The Hall–Kier alpha value is -1.20. The standard InChI is InChI=1S/C8H8Br2N6O2S/c1-16-3-4(7(11)14-16)19(17,18)15-8-6(10)13-5(9)2-12-8/h2-3H,1H3,(H2,11,14)(H,12,15). The minimum Gasteiger partial charge on any atom is -0.381 e. The molecule has 0 aliphatic carbocycles. The van der Waals surface area contributed by atoms with Gasteiger partial charge in [-0.2, -0.15) is 5.10 Å². The van der Waals surface area contributed by atoms with Crippen LogP contribution in [0.4, 0.5) is 11.6 Å². The molecule has 19 heavy (non-hydrogen) atoms. The molecule has 0 aliphatic rings. The van der Waals surface area contributed by atoms with E-state index in [0.29, 0.717) is 4.60 Å². The first kappa shape index (κ1) is 14.2. The Bertz CT molecular complexity index is 729. The predicted molar refractivity (Wildman–Crippen MR) is 75.9 cm³/mol. The van der Waals surface area contributed by atoms with E-state index in [2.05, 4.69) is 51.6 Å². The molecule has 3 N–H and O–H groups in total. The normalized spacial score (nSPS) is 11.5. The van der Waals surface area contributed by atoms with Crippen LogP contribution in [0, 0.1) is 0 Å². The molecule has 0 aromatic carbocycles. The molecule has 0 saturated carbocycles. The van der Waals surface area contributed by atoms with Crippen molar-refractivity contribution >= 4 is 53.5 Å². The van der Waals surface area contributed by atoms with E-state index in [9.17, 15) is 8.42 Å². The van der Waals surface area contributed by atoms with Gasteiger partial charge in [0.1, 0.15) is 9.50 Å². The van der Waals surface area contributed by atoms with Crippen molar-refractivity contribution in [3.05, 3.63) is 21.6 Å². The minimum absolute atomic E-state index is 0.0615. The molecule has 11 heteroatoms. The van der Waals surface area contributed by atoms with E-state index >= 15 is 0 Å². The van der Waals surface area contributed by atoms with Crippen LogP contribution in [0.5, 0.6) is 0 Å². The molecular weight excluding hydrogens is 404 g/mol. The molecule has 0 unspecified atom stereocenters. The van der Waals surface area contributed by atoms with Gasteiger partial charge in [-0.3, -0.25) is 9.40 Å². The number of nitrogens with two attached hydrogens (primary N) is 1. The van der Waals surface area contributed by atoms with Crippen LogP contribution in [0.2, 0.25) is 0 Å². The first-order valence-electron chi connectivity index (χ1n) is 4.79. The molecule has 0 bridgehead atoms. The summed E-state index contributed by atoms with van der Waals surface area (Å²) in [5.41, 5.74) is 5.54. The van der Waals surface area contributed by atoms with E-state index in [1.165, 1.54) is 17.1 Å². The summed E-state index contributed by atoms with van der Waals surface area (Å²) in [6.45, 7) is 0. The summed E-state index contributed by atoms with van der Waals surface area (Å²) < 4.78 is 28.6. The maximum Gasteiger partial charge on any atom is 0.268 e. The summed E-state index contributed by atoms with van der Waals surface area (Å²) in [6, 6.07) is 0. The number of hydrogen-bond acceptors (Lipinski definition) is 6. The Labute approximate surface area is 125 Å². The largest absolute Gasteiger partial charge is 0.381 e. The van der Waals surface area contributed by atoms with Gasteiger partial charge in [0.2, 0.25) is 0 Å². The molecule has 0 amide bonds. The second kappa shape index (κ2) is 5.06. The zero-order valence-corrected chi connectivity index (χ0v) is 13.5. The van der Waals surface area contributed by atoms with Crippen molar-refractivity contribution in [2.75, 3.05) is 10.5 Å². The topological polar surface area (TPSA) is 116 Å². The molecule has 0 aliphatic heterocycles. The Balaban J connectivity index is 2.39. The van der Waals surface area contributed by atoms with E-state index in [-0.39, 0.29) is 21.1 Å². The summed E-state index contributed by atoms with van der Waals surface area (Å²) in [4.78, 5) is 7.76. The van der Waals surface area contributed by atoms with Crippen LogP contribution >= 0.6 is 31.9 Å². The highest BCUT2D eigenvalue weighted by Gasteiger charge is 2.22. The highest BCUT2D eigenvalue weighted by atomic mass is 79.9. The van der Waals surface area contributed by atoms with Crippen molar-refractivity contribution in [1.29, 1.82) is 0 Å². The average Bonchev–Trinajstić information content (AvgIpc) is 2.63. The molecule has 0 saturated heterocycles. The lowest BCUT2D eigenvalue weighted by atomic mass is 10.7. The first-order valence-corrected chi connectivity index (χ1v) is 7.86. The quantitative estimate of drug-likeness (QED) is 0.781. The van der Waals surface area contributed by atoms with E-state index in [4.69, 9.17) is 5.73 Å². The number of nitrogens with zero attached hydrogens (tertiary/aromatic N) is 4. The van der Waals surface area contributed by atoms with Gasteiger partial charge in [0.15, 0.2) is 16.2 Å². The van der Waals surface area contributed by atoms with Gasteiger partial charge in [0.05, 0.1) is 6.20 Å². The number of sulfonamides is 1. The maximum absolute atomic E-state index is 12.1. The lowest BCUT2D eigenvalue weighted by Gasteiger charge is -2.07. The van der Waals surface area contributed by atoms with Crippen LogP contribution in [0.1, 0.15) is 0 Å². The number of hydrogen-bond donors (Lipinski definition) is 2. The van der Waals surface area contributed by atoms with Crippen LogP contribution in [0.15, 0.2) is 26.5 Å². The third-order valence-electron chi connectivity index (χ3n) is 2.04. The van der Waals surface area contributed by atoms with Crippen molar-refractivity contribution < 1.29 is 8.42 Å². The number of nitrogens with one attached hydrogen (secondary N) is 1. The number of aromatic nitrogens is 4. The lowest BCUT2D eigenvalue weighted by molar-refractivity contribution is 0.601. The Morgan fingerprint density at radius 2 is 2.11 bits per heavy atom. The summed E-state index contributed by atoms with van der Waals surface area (Å²) in [7, 11) is -2.29. The van der Waals surface area contributed by atoms with Gasteiger partial charge < -0.3 is 5.73 Å². The zero-order chi connectivity index (χ0) is 14.2. The second-order valence-corrected chi connectivity index (χ2v) is 6.70. The molecule has 2 heterocycles. The molecule has 102 valence electrons. The van der Waals surface area contributed by atoms with Gasteiger partial charge in [-0.1, -0.05) is 0 Å². The fourth-order valence-corrected chi connectivity index (χ4v) is 3.45. The van der Waals surface area contributed by atoms with Crippen LogP contribution < -0.4 is 10.5 Å². The summed E-state index contributed by atoms with van der Waals surface area (Å²) in [6.07, 6.45) is 2.67. The minimum atomic E-state index is -3.86. The highest BCUT2D eigenvalue weighted by molar-refractivity contribution is 9.11. The van der Waals surface area contributed by atoms with Gasteiger partial charge in [0, 0.05) is 13.2 Å². The Morgan fingerprint density at radius 1 is 1.42 bits per heavy atom. The molecule has 2 rings (SSSR count). The molecule has 0 spiro atoms. The molecule has 8 nitrogen and oxygen atoms in total. The van der Waals surface area contributed by atoms with Gasteiger partial charge in [0.25, 0.3) is 10.0 Å². The summed E-state index contributed by atoms with van der Waals surface area (Å²) >= 11 is 6.24. The molecule has 2 aromatic rings. The van der Waals surface area contributed by atoms with E-state index in [1.807, 2.05) is 0 Å². The van der Waals surface area contributed by atoms with Crippen LogP contribution in [0.25, 0.3) is 0 Å². The lowest BCUT2D eigenvalue weighted by Crippen LogP contribution is -2.15. The number of nitrogen functional groups attached to an aromatic ring is 1. The van der Waals surface area contributed by atoms with Crippen LogP contribution in [0.3, 0.4) is 0 Å². The number of anilines is 2. The smallest absolute Gasteiger partial charge is 0.268 e. The van der Waals surface area contributed by atoms with Crippen molar-refractivity contribution in [2.24, 2.45) is 7.05 Å². The Kier molecular flexibility index (Phi) is 3.78. The van der Waals surface area contributed by atoms with E-state index in [0.717, 1.165) is 0 Å². The number of halogens is 2. The fraction of sp³-hybridized carbons (Fsp3) is 0.125. The SMILES string of the molecule is Cn1cc(S(=O)(=O)Nc2ncc(Br)nc2Br)c(N)n1. The van der Waals surface area contributed by atoms with Crippen molar-refractivity contribution in [3.63, 3.8) is 0 Å².